The molecule has 0 saturated heterocycles. The standard InChI is InChI=1S/C2Br3F5Ge/c3-11(4,5)2(9,10)1(6,7)8. The fourth-order valence-electron chi connectivity index (χ4n) is 0.161. The van der Waals surface area contributed by atoms with Crippen molar-refractivity contribution < 1.29 is 22.0 Å². The second-order valence-electron chi connectivity index (χ2n) is 1.57. The minimum atomic E-state index is -5.51. The summed E-state index contributed by atoms with van der Waals surface area (Å²) >= 11 is 6.86. The molecule has 0 N–H and O–H groups in total. The number of hydrogen-bond donors (Lipinski definition) is 0. The van der Waals surface area contributed by atoms with Gasteiger partial charge in [-0.3, -0.25) is 0 Å². The van der Waals surface area contributed by atoms with E-state index in [9.17, 15) is 22.0 Å². The molecule has 0 bridgehead atoms. The molecule has 9 heteroatoms. The van der Waals surface area contributed by atoms with Gasteiger partial charge in [0.15, 0.2) is 0 Å². The van der Waals surface area contributed by atoms with Crippen LogP contribution in [-0.4, -0.2) is 18.7 Å². The molecule has 0 heterocycles. The number of hydrogen-bond acceptors (Lipinski definition) is 0. The second kappa shape index (κ2) is 3.41. The van der Waals surface area contributed by atoms with E-state index in [1.807, 2.05) is 0 Å². The summed E-state index contributed by atoms with van der Waals surface area (Å²) < 4.78 is 54.4. The van der Waals surface area contributed by atoms with Gasteiger partial charge in [-0.15, -0.1) is 0 Å². The normalized spacial score (nSPS) is 15.3. The van der Waals surface area contributed by atoms with Crippen LogP contribution >= 0.6 is 42.0 Å². The van der Waals surface area contributed by atoms with E-state index in [-0.39, 0.29) is 0 Å². The molecular weight excluding hydrogens is 431 g/mol. The van der Waals surface area contributed by atoms with Crippen LogP contribution in [0.4, 0.5) is 22.0 Å². The second-order valence-corrected chi connectivity index (χ2v) is 40.1. The van der Waals surface area contributed by atoms with Crippen molar-refractivity contribution in [1.82, 2.24) is 0 Å². The molecule has 0 fully saturated rings. The van der Waals surface area contributed by atoms with Gasteiger partial charge in [0.1, 0.15) is 0 Å². The van der Waals surface area contributed by atoms with Crippen LogP contribution < -0.4 is 0 Å². The van der Waals surface area contributed by atoms with E-state index in [0.29, 0.717) is 0 Å². The molecule has 0 aliphatic carbocycles. The summed E-state index contributed by atoms with van der Waals surface area (Å²) in [5.74, 6) is 0. The average Bonchev–Trinajstić information content (AvgIpc) is 1.58. The minimum absolute atomic E-state index is 2.29. The Balaban J connectivity index is 4.75. The molecule has 11 heavy (non-hydrogen) atoms. The third-order valence-electron chi connectivity index (χ3n) is 0.712. The van der Waals surface area contributed by atoms with E-state index in [2.05, 4.69) is 42.0 Å². The average molecular weight is 431 g/mol. The molecule has 0 aromatic heterocycles. The molecule has 0 unspecified atom stereocenters. The Morgan fingerprint density at radius 3 is 1.09 bits per heavy atom. The topological polar surface area (TPSA) is 0 Å². The molecule has 0 spiro atoms. The molecule has 0 amide bonds. The first-order chi connectivity index (χ1) is 4.50. The molecule has 68 valence electrons. The van der Waals surface area contributed by atoms with Gasteiger partial charge in [0.2, 0.25) is 0 Å². The van der Waals surface area contributed by atoms with Gasteiger partial charge in [0.25, 0.3) is 0 Å². The zero-order chi connectivity index (χ0) is 9.50. The maximum atomic E-state index is 12.3. The molecule has 0 rings (SSSR count). The number of rotatable bonds is 1. The SMILES string of the molecule is FC(F)(F)[C](F)(F)[Ge]([Br])([Br])[Br]. The first-order valence-corrected chi connectivity index (χ1v) is 17.8. The van der Waals surface area contributed by atoms with E-state index in [1.54, 1.807) is 0 Å². The van der Waals surface area contributed by atoms with Crippen LogP contribution in [0, 0.1) is 0 Å². The Morgan fingerprint density at radius 1 is 0.818 bits per heavy atom. The molecule has 0 radical (unpaired) electrons. The molecule has 0 nitrogen and oxygen atoms in total. The number of halogens is 8. The summed E-state index contributed by atoms with van der Waals surface area (Å²) in [5, 5.41) is 0. The van der Waals surface area contributed by atoms with Crippen molar-refractivity contribution in [2.24, 2.45) is 0 Å². The van der Waals surface area contributed by atoms with Crippen LogP contribution in [0.15, 0.2) is 0 Å². The van der Waals surface area contributed by atoms with E-state index in [4.69, 9.17) is 0 Å². The maximum absolute atomic E-state index is 12.3. The Morgan fingerprint density at radius 2 is 1.09 bits per heavy atom. The fraction of sp³-hybridized carbons (Fsp3) is 1.00. The van der Waals surface area contributed by atoms with E-state index in [0.717, 1.165) is 0 Å². The first kappa shape index (κ1) is 12.6. The van der Waals surface area contributed by atoms with Crippen LogP contribution in [0.1, 0.15) is 0 Å². The molecular formula is C2Br3F5Ge. The van der Waals surface area contributed by atoms with Crippen LogP contribution in [0.5, 0.6) is 0 Å². The van der Waals surface area contributed by atoms with Gasteiger partial charge in [-0.1, -0.05) is 0 Å². The van der Waals surface area contributed by atoms with Crippen LogP contribution in [-0.2, 0) is 0 Å². The van der Waals surface area contributed by atoms with Gasteiger partial charge >= 0.3 is 82.6 Å². The van der Waals surface area contributed by atoms with Crippen molar-refractivity contribution in [3.63, 3.8) is 0 Å². The molecule has 0 atom stereocenters. The quantitative estimate of drug-likeness (QED) is 0.437. The van der Waals surface area contributed by atoms with Gasteiger partial charge in [0.05, 0.1) is 0 Å². The fourth-order valence-corrected chi connectivity index (χ4v) is 4.34. The van der Waals surface area contributed by atoms with Crippen molar-refractivity contribution in [3.05, 3.63) is 0 Å². The summed E-state index contributed by atoms with van der Waals surface area (Å²) in [5.41, 5.74) is 0. The van der Waals surface area contributed by atoms with Crippen LogP contribution in [0.3, 0.4) is 0 Å². The van der Waals surface area contributed by atoms with Gasteiger partial charge in [-0.25, -0.2) is 0 Å². The Hall–Kier alpha value is 1.63. The zero-order valence-electron chi connectivity index (χ0n) is 4.52. The van der Waals surface area contributed by atoms with Crippen LogP contribution in [0.25, 0.3) is 0 Å². The Kier molecular flexibility index (Phi) is 3.92. The summed E-state index contributed by atoms with van der Waals surface area (Å²) in [4.78, 5) is 0. The molecule has 0 aliphatic rings. The summed E-state index contributed by atoms with van der Waals surface area (Å²) in [6.07, 6.45) is -5.51. The van der Waals surface area contributed by atoms with Crippen molar-refractivity contribution >= 4 is 49.8 Å². The third kappa shape index (κ3) is 2.80. The Labute approximate surface area is 82.1 Å². The van der Waals surface area contributed by atoms with Crippen molar-refractivity contribution in [1.29, 1.82) is 0 Å². The van der Waals surface area contributed by atoms with E-state index < -0.39 is 18.7 Å². The Bertz CT molecular complexity index is 131. The van der Waals surface area contributed by atoms with Gasteiger partial charge in [-0.2, -0.15) is 0 Å². The third-order valence-corrected chi connectivity index (χ3v) is 10.6. The van der Waals surface area contributed by atoms with Gasteiger partial charge < -0.3 is 0 Å². The molecule has 0 saturated carbocycles. The summed E-state index contributed by atoms with van der Waals surface area (Å²) in [6.45, 7) is 0. The molecule has 0 aliphatic heterocycles. The van der Waals surface area contributed by atoms with Crippen LogP contribution in [0.2, 0.25) is 0 Å². The number of alkyl halides is 5. The van der Waals surface area contributed by atoms with Crippen molar-refractivity contribution in [2.75, 3.05) is 0 Å². The van der Waals surface area contributed by atoms with Crippen molar-refractivity contribution in [3.8, 4) is 0 Å². The summed E-state index contributed by atoms with van der Waals surface area (Å²) in [7, 11) is -4.53. The van der Waals surface area contributed by atoms with Crippen molar-refractivity contribution in [2.45, 2.75) is 10.9 Å². The predicted octanol–water partition coefficient (Wildman–Crippen LogP) is 3.85. The zero-order valence-corrected chi connectivity index (χ0v) is 11.4. The van der Waals surface area contributed by atoms with E-state index >= 15 is 0 Å². The molecule has 0 aromatic carbocycles. The van der Waals surface area contributed by atoms with E-state index in [1.165, 1.54) is 0 Å². The first-order valence-electron chi connectivity index (χ1n) is 2.01. The predicted molar refractivity (Wildman–Crippen MR) is 43.5 cm³/mol. The van der Waals surface area contributed by atoms with Gasteiger partial charge in [0, 0.05) is 0 Å². The van der Waals surface area contributed by atoms with Gasteiger partial charge in [-0.05, 0) is 0 Å². The molecule has 0 aromatic rings. The summed E-state index contributed by atoms with van der Waals surface area (Å²) in [6, 6.07) is 0. The monoisotopic (exact) mass is 430 g/mol.